The highest BCUT2D eigenvalue weighted by Gasteiger charge is 2.44. The summed E-state index contributed by atoms with van der Waals surface area (Å²) in [5.41, 5.74) is 1.52. The minimum absolute atomic E-state index is 0.270. The molecule has 1 aliphatic heterocycles. The lowest BCUT2D eigenvalue weighted by atomic mass is 10.2. The first-order valence-corrected chi connectivity index (χ1v) is 10.8. The highest BCUT2D eigenvalue weighted by Crippen LogP contribution is 2.47. The summed E-state index contributed by atoms with van der Waals surface area (Å²) in [4.78, 5) is 13.9. The van der Waals surface area contributed by atoms with Crippen molar-refractivity contribution in [2.75, 3.05) is 5.32 Å². The summed E-state index contributed by atoms with van der Waals surface area (Å²) < 4.78 is 17.6. The van der Waals surface area contributed by atoms with Gasteiger partial charge in [0.25, 0.3) is 11.7 Å². The maximum absolute atomic E-state index is 12.8. The first kappa shape index (κ1) is 18.2. The third-order valence-electron chi connectivity index (χ3n) is 5.25. The molecule has 6 heteroatoms. The van der Waals surface area contributed by atoms with E-state index in [1.165, 1.54) is 0 Å². The molecule has 0 bridgehead atoms. The molecule has 2 aromatic carbocycles. The lowest BCUT2D eigenvalue weighted by Gasteiger charge is -2.21. The van der Waals surface area contributed by atoms with E-state index in [0.29, 0.717) is 22.9 Å². The van der Waals surface area contributed by atoms with Crippen LogP contribution in [0, 0.1) is 0 Å². The van der Waals surface area contributed by atoms with E-state index in [9.17, 15) is 4.79 Å². The molecule has 1 aromatic heterocycles. The Bertz CT molecular complexity index is 1020. The van der Waals surface area contributed by atoms with Crippen LogP contribution >= 0.6 is 11.8 Å². The van der Waals surface area contributed by atoms with Crippen LogP contribution < -0.4 is 14.8 Å². The Morgan fingerprint density at radius 2 is 1.79 bits per heavy atom. The van der Waals surface area contributed by atoms with Crippen molar-refractivity contribution in [1.82, 2.24) is 0 Å². The van der Waals surface area contributed by atoms with Crippen LogP contribution in [0.15, 0.2) is 70.2 Å². The van der Waals surface area contributed by atoms with Gasteiger partial charge in [-0.15, -0.1) is 11.8 Å². The van der Waals surface area contributed by atoms with Gasteiger partial charge in [0.2, 0.25) is 0 Å². The predicted molar refractivity (Wildman–Crippen MR) is 112 cm³/mol. The Kier molecular flexibility index (Phi) is 4.72. The van der Waals surface area contributed by atoms with E-state index in [-0.39, 0.29) is 5.91 Å². The van der Waals surface area contributed by atoms with Crippen molar-refractivity contribution in [1.29, 1.82) is 0 Å². The molecule has 1 spiro atoms. The lowest BCUT2D eigenvalue weighted by Crippen LogP contribution is -2.34. The molecule has 1 aliphatic carbocycles. The van der Waals surface area contributed by atoms with Crippen LogP contribution in [-0.4, -0.2) is 11.7 Å². The third-order valence-corrected chi connectivity index (χ3v) is 6.31. The first-order chi connectivity index (χ1) is 14.2. The van der Waals surface area contributed by atoms with Crippen LogP contribution in [0.5, 0.6) is 11.5 Å². The maximum atomic E-state index is 12.8. The number of anilines is 1. The molecule has 0 radical (unpaired) electrons. The molecule has 5 nitrogen and oxygen atoms in total. The van der Waals surface area contributed by atoms with E-state index < -0.39 is 5.79 Å². The summed E-state index contributed by atoms with van der Waals surface area (Å²) in [5, 5.41) is 2.91. The molecule has 1 saturated carbocycles. The second-order valence-corrected chi connectivity index (χ2v) is 8.36. The Balaban J connectivity index is 1.27. The summed E-state index contributed by atoms with van der Waals surface area (Å²) in [7, 11) is 0. The number of hydrogen-bond acceptors (Lipinski definition) is 5. The second kappa shape index (κ2) is 7.52. The fourth-order valence-corrected chi connectivity index (χ4v) is 4.70. The number of ether oxygens (including phenoxy) is 2. The van der Waals surface area contributed by atoms with E-state index in [1.807, 2.05) is 54.6 Å². The maximum Gasteiger partial charge on any atom is 0.291 e. The molecule has 1 fully saturated rings. The SMILES string of the molecule is O=C(Nc1ccc2c(c1)OC1(CCCC1)O2)c1occc1CSc1ccccc1. The number of hydrogen-bond donors (Lipinski definition) is 1. The molecule has 29 heavy (non-hydrogen) atoms. The Labute approximate surface area is 173 Å². The molecule has 0 unspecified atom stereocenters. The minimum atomic E-state index is -0.506. The Hall–Kier alpha value is -2.86. The van der Waals surface area contributed by atoms with Crippen LogP contribution in [0.1, 0.15) is 41.8 Å². The fraction of sp³-hybridized carbons (Fsp3) is 0.261. The van der Waals surface area contributed by atoms with Gasteiger partial charge in [0, 0.05) is 40.8 Å². The van der Waals surface area contributed by atoms with E-state index >= 15 is 0 Å². The van der Waals surface area contributed by atoms with Crippen molar-refractivity contribution in [3.05, 3.63) is 72.2 Å². The highest BCUT2D eigenvalue weighted by molar-refractivity contribution is 7.98. The van der Waals surface area contributed by atoms with E-state index in [0.717, 1.165) is 41.9 Å². The van der Waals surface area contributed by atoms with Crippen LogP contribution in [0.2, 0.25) is 0 Å². The van der Waals surface area contributed by atoms with E-state index in [2.05, 4.69) is 5.32 Å². The molecule has 148 valence electrons. The second-order valence-electron chi connectivity index (χ2n) is 7.31. The van der Waals surface area contributed by atoms with Crippen LogP contribution in [0.25, 0.3) is 0 Å². The monoisotopic (exact) mass is 407 g/mol. The number of benzene rings is 2. The summed E-state index contributed by atoms with van der Waals surface area (Å²) in [5.74, 6) is 1.64. The standard InChI is InChI=1S/C23H21NO4S/c25-22(21-16(10-13-26-21)15-29-18-6-2-1-3-7-18)24-17-8-9-19-20(14-17)28-23(27-19)11-4-5-12-23/h1-3,6-10,13-14H,4-5,11-12,15H2,(H,24,25). The summed E-state index contributed by atoms with van der Waals surface area (Å²) in [6.45, 7) is 0. The number of fused-ring (bicyclic) bond motifs is 1. The zero-order chi connectivity index (χ0) is 19.7. The largest absolute Gasteiger partial charge is 0.459 e. The van der Waals surface area contributed by atoms with Gasteiger partial charge in [-0.2, -0.15) is 0 Å². The van der Waals surface area contributed by atoms with Gasteiger partial charge in [0.1, 0.15) is 0 Å². The lowest BCUT2D eigenvalue weighted by molar-refractivity contribution is -0.0716. The van der Waals surface area contributed by atoms with Gasteiger partial charge in [-0.1, -0.05) is 18.2 Å². The highest BCUT2D eigenvalue weighted by atomic mass is 32.2. The molecule has 0 saturated heterocycles. The van der Waals surface area contributed by atoms with Crippen molar-refractivity contribution in [3.8, 4) is 11.5 Å². The normalized spacial score (nSPS) is 16.3. The number of nitrogens with one attached hydrogen (secondary N) is 1. The zero-order valence-corrected chi connectivity index (χ0v) is 16.7. The third kappa shape index (κ3) is 3.72. The Morgan fingerprint density at radius 1 is 1.00 bits per heavy atom. The number of rotatable bonds is 5. The van der Waals surface area contributed by atoms with Crippen molar-refractivity contribution in [3.63, 3.8) is 0 Å². The van der Waals surface area contributed by atoms with Crippen LogP contribution in [0.3, 0.4) is 0 Å². The fourth-order valence-electron chi connectivity index (χ4n) is 3.80. The molecule has 1 N–H and O–H groups in total. The van der Waals surface area contributed by atoms with Crippen molar-refractivity contribution >= 4 is 23.4 Å². The number of furan rings is 1. The first-order valence-electron chi connectivity index (χ1n) is 9.78. The van der Waals surface area contributed by atoms with Gasteiger partial charge in [0.05, 0.1) is 6.26 Å². The molecule has 2 aliphatic rings. The van der Waals surface area contributed by atoms with Gasteiger partial charge in [0.15, 0.2) is 17.3 Å². The van der Waals surface area contributed by atoms with E-state index in [1.54, 1.807) is 18.0 Å². The molecular weight excluding hydrogens is 386 g/mol. The predicted octanol–water partition coefficient (Wildman–Crippen LogP) is 5.87. The van der Waals surface area contributed by atoms with E-state index in [4.69, 9.17) is 13.9 Å². The molecule has 0 atom stereocenters. The quantitative estimate of drug-likeness (QED) is 0.536. The van der Waals surface area contributed by atoms with Crippen LogP contribution in [-0.2, 0) is 5.75 Å². The molecule has 5 rings (SSSR count). The minimum Gasteiger partial charge on any atom is -0.459 e. The number of amides is 1. The van der Waals surface area contributed by atoms with Crippen LogP contribution in [0.4, 0.5) is 5.69 Å². The van der Waals surface area contributed by atoms with Gasteiger partial charge in [-0.05, 0) is 43.2 Å². The molecular formula is C23H21NO4S. The van der Waals surface area contributed by atoms with Crippen molar-refractivity contribution in [2.45, 2.75) is 42.1 Å². The Morgan fingerprint density at radius 3 is 2.62 bits per heavy atom. The summed E-state index contributed by atoms with van der Waals surface area (Å²) in [6, 6.07) is 17.4. The molecule has 3 aromatic rings. The van der Waals surface area contributed by atoms with Crippen molar-refractivity contribution in [2.24, 2.45) is 0 Å². The number of carbonyl (C=O) groups is 1. The zero-order valence-electron chi connectivity index (χ0n) is 15.9. The number of carbonyl (C=O) groups excluding carboxylic acids is 1. The smallest absolute Gasteiger partial charge is 0.291 e. The molecule has 1 amide bonds. The molecule has 2 heterocycles. The summed E-state index contributed by atoms with van der Waals surface area (Å²) >= 11 is 1.67. The van der Waals surface area contributed by atoms with Gasteiger partial charge in [-0.25, -0.2) is 0 Å². The summed E-state index contributed by atoms with van der Waals surface area (Å²) in [6.07, 6.45) is 5.58. The van der Waals surface area contributed by atoms with Gasteiger partial charge >= 0.3 is 0 Å². The average Bonchev–Trinajstić information content (AvgIpc) is 3.47. The topological polar surface area (TPSA) is 60.7 Å². The number of thioether (sulfide) groups is 1. The van der Waals surface area contributed by atoms with Gasteiger partial charge in [-0.3, -0.25) is 4.79 Å². The van der Waals surface area contributed by atoms with Gasteiger partial charge < -0.3 is 19.2 Å². The average molecular weight is 407 g/mol. The van der Waals surface area contributed by atoms with Crippen molar-refractivity contribution < 1.29 is 18.7 Å².